The molecule has 3 aromatic rings. The highest BCUT2D eigenvalue weighted by atomic mass is 35.5. The lowest BCUT2D eigenvalue weighted by Crippen LogP contribution is -2.26. The van der Waals surface area contributed by atoms with Gasteiger partial charge in [-0.1, -0.05) is 41.9 Å². The fourth-order valence-corrected chi connectivity index (χ4v) is 4.01. The molecule has 1 amide bonds. The van der Waals surface area contributed by atoms with Crippen LogP contribution in [0.3, 0.4) is 0 Å². The zero-order valence-corrected chi connectivity index (χ0v) is 18.0. The number of hydrazone groups is 1. The summed E-state index contributed by atoms with van der Waals surface area (Å²) in [5.74, 6) is -0.400. The van der Waals surface area contributed by atoms with E-state index in [4.69, 9.17) is 11.6 Å². The molecule has 0 atom stereocenters. The Labute approximate surface area is 180 Å². The van der Waals surface area contributed by atoms with E-state index in [9.17, 15) is 13.2 Å². The minimum Gasteiger partial charge on any atom is -0.269 e. The van der Waals surface area contributed by atoms with Crippen LogP contribution in [0.25, 0.3) is 0 Å². The normalized spacial score (nSPS) is 11.8. The smallest absolute Gasteiger partial charge is 0.269 e. The second-order valence-corrected chi connectivity index (χ2v) is 8.88. The van der Waals surface area contributed by atoms with Crippen molar-refractivity contribution in [2.24, 2.45) is 5.10 Å². The van der Waals surface area contributed by atoms with Crippen molar-refractivity contribution in [3.05, 3.63) is 95.0 Å². The number of carbonyl (C=O) groups excluding carboxylic acids is 1. The molecule has 0 aliphatic heterocycles. The SMILES string of the molecule is C/C(=N/NC(=O)c1ccc(N(C)S(=O)(=O)c2ccccc2)cc1)c1ccc(Cl)cc1. The van der Waals surface area contributed by atoms with Gasteiger partial charge < -0.3 is 0 Å². The van der Waals surface area contributed by atoms with Crippen LogP contribution in [0.1, 0.15) is 22.8 Å². The number of benzene rings is 3. The first-order valence-electron chi connectivity index (χ1n) is 9.03. The number of sulfonamides is 1. The van der Waals surface area contributed by atoms with Gasteiger partial charge in [0.15, 0.2) is 0 Å². The topological polar surface area (TPSA) is 78.8 Å². The summed E-state index contributed by atoms with van der Waals surface area (Å²) in [7, 11) is -2.21. The molecule has 0 saturated carbocycles. The van der Waals surface area contributed by atoms with Crippen LogP contribution in [-0.2, 0) is 10.0 Å². The van der Waals surface area contributed by atoms with E-state index in [2.05, 4.69) is 10.5 Å². The molecule has 0 heterocycles. The summed E-state index contributed by atoms with van der Waals surface area (Å²) in [5, 5.41) is 4.72. The molecule has 6 nitrogen and oxygen atoms in total. The van der Waals surface area contributed by atoms with Gasteiger partial charge in [0, 0.05) is 17.6 Å². The van der Waals surface area contributed by atoms with E-state index >= 15 is 0 Å². The predicted octanol–water partition coefficient (Wildman–Crippen LogP) is 4.32. The highest BCUT2D eigenvalue weighted by Crippen LogP contribution is 2.22. The van der Waals surface area contributed by atoms with E-state index in [1.807, 2.05) is 12.1 Å². The molecule has 0 bridgehead atoms. The minimum absolute atomic E-state index is 0.196. The summed E-state index contributed by atoms with van der Waals surface area (Å²) in [4.78, 5) is 12.6. The van der Waals surface area contributed by atoms with Crippen LogP contribution in [0, 0.1) is 0 Å². The molecule has 30 heavy (non-hydrogen) atoms. The van der Waals surface area contributed by atoms with Gasteiger partial charge in [0.2, 0.25) is 0 Å². The largest absolute Gasteiger partial charge is 0.271 e. The van der Waals surface area contributed by atoms with Gasteiger partial charge in [0.25, 0.3) is 15.9 Å². The van der Waals surface area contributed by atoms with Crippen LogP contribution >= 0.6 is 11.6 Å². The summed E-state index contributed by atoms with van der Waals surface area (Å²) in [5.41, 5.74) is 4.77. The lowest BCUT2D eigenvalue weighted by molar-refractivity contribution is 0.0955. The third-order valence-corrected chi connectivity index (χ3v) is 6.53. The van der Waals surface area contributed by atoms with Gasteiger partial charge in [-0.3, -0.25) is 9.10 Å². The first-order chi connectivity index (χ1) is 14.3. The minimum atomic E-state index is -3.68. The Kier molecular flexibility index (Phi) is 6.54. The van der Waals surface area contributed by atoms with Crippen LogP contribution in [0.2, 0.25) is 5.02 Å². The molecule has 0 radical (unpaired) electrons. The molecule has 0 fully saturated rings. The molecular formula is C22H20ClN3O3S. The summed E-state index contributed by atoms with van der Waals surface area (Å²) >= 11 is 5.87. The molecule has 0 unspecified atom stereocenters. The average Bonchev–Trinajstić information content (AvgIpc) is 2.78. The Morgan fingerprint density at radius 3 is 2.07 bits per heavy atom. The zero-order chi connectivity index (χ0) is 21.7. The summed E-state index contributed by atoms with van der Waals surface area (Å²) < 4.78 is 26.6. The van der Waals surface area contributed by atoms with E-state index in [-0.39, 0.29) is 4.90 Å². The Morgan fingerprint density at radius 2 is 1.47 bits per heavy atom. The highest BCUT2D eigenvalue weighted by molar-refractivity contribution is 7.92. The van der Waals surface area contributed by atoms with Gasteiger partial charge in [-0.15, -0.1) is 0 Å². The van der Waals surface area contributed by atoms with E-state index in [0.717, 1.165) is 5.56 Å². The van der Waals surface area contributed by atoms with Gasteiger partial charge in [0.05, 0.1) is 16.3 Å². The number of hydrogen-bond donors (Lipinski definition) is 1. The average molecular weight is 442 g/mol. The molecule has 3 rings (SSSR count). The second-order valence-electron chi connectivity index (χ2n) is 6.48. The summed E-state index contributed by atoms with van der Waals surface area (Å²) in [6.45, 7) is 1.77. The van der Waals surface area contributed by atoms with Gasteiger partial charge >= 0.3 is 0 Å². The quantitative estimate of drug-likeness (QED) is 0.457. The highest BCUT2D eigenvalue weighted by Gasteiger charge is 2.21. The van der Waals surface area contributed by atoms with Gasteiger partial charge in [-0.2, -0.15) is 5.10 Å². The lowest BCUT2D eigenvalue weighted by Gasteiger charge is -2.19. The molecule has 0 aromatic heterocycles. The van der Waals surface area contributed by atoms with Crippen LogP contribution in [-0.4, -0.2) is 27.1 Å². The van der Waals surface area contributed by atoms with Crippen LogP contribution in [0.15, 0.2) is 88.9 Å². The van der Waals surface area contributed by atoms with Crippen molar-refractivity contribution in [1.82, 2.24) is 5.43 Å². The monoisotopic (exact) mass is 441 g/mol. The Hall–Kier alpha value is -3.16. The van der Waals surface area contributed by atoms with E-state index in [0.29, 0.717) is 22.0 Å². The molecule has 0 spiro atoms. The number of carbonyl (C=O) groups is 1. The molecule has 0 aliphatic rings. The fraction of sp³-hybridized carbons (Fsp3) is 0.0909. The van der Waals surface area contributed by atoms with Crippen molar-refractivity contribution >= 4 is 38.9 Å². The standard InChI is InChI=1S/C22H20ClN3O3S/c1-16(17-8-12-19(23)13-9-17)24-25-22(27)18-10-14-20(15-11-18)26(2)30(28,29)21-6-4-3-5-7-21/h3-15H,1-2H3,(H,25,27)/b24-16-. The number of hydrogen-bond acceptors (Lipinski definition) is 4. The molecule has 8 heteroatoms. The van der Waals surface area contributed by atoms with E-state index in [1.54, 1.807) is 61.5 Å². The third kappa shape index (κ3) is 4.87. The molecule has 154 valence electrons. The van der Waals surface area contributed by atoms with Crippen molar-refractivity contribution in [2.75, 3.05) is 11.4 Å². The Morgan fingerprint density at radius 1 is 0.900 bits per heavy atom. The number of nitrogens with one attached hydrogen (secondary N) is 1. The predicted molar refractivity (Wildman–Crippen MR) is 120 cm³/mol. The summed E-state index contributed by atoms with van der Waals surface area (Å²) in [6.07, 6.45) is 0. The van der Waals surface area contributed by atoms with Crippen molar-refractivity contribution in [1.29, 1.82) is 0 Å². The Bertz CT molecular complexity index is 1160. The van der Waals surface area contributed by atoms with Crippen molar-refractivity contribution in [3.8, 4) is 0 Å². The number of nitrogens with zero attached hydrogens (tertiary/aromatic N) is 2. The first kappa shape index (κ1) is 21.5. The maximum atomic E-state index is 12.7. The summed E-state index contributed by atoms with van der Waals surface area (Å²) in [6, 6.07) is 21.5. The van der Waals surface area contributed by atoms with Crippen molar-refractivity contribution in [2.45, 2.75) is 11.8 Å². The van der Waals surface area contributed by atoms with Crippen LogP contribution in [0.5, 0.6) is 0 Å². The first-order valence-corrected chi connectivity index (χ1v) is 10.9. The molecule has 0 saturated heterocycles. The molecule has 3 aromatic carbocycles. The maximum absolute atomic E-state index is 12.7. The third-order valence-electron chi connectivity index (χ3n) is 4.48. The van der Waals surface area contributed by atoms with Crippen molar-refractivity contribution in [3.63, 3.8) is 0 Å². The Balaban J connectivity index is 1.71. The van der Waals surface area contributed by atoms with Crippen LogP contribution < -0.4 is 9.73 Å². The van der Waals surface area contributed by atoms with Gasteiger partial charge in [-0.05, 0) is 61.0 Å². The van der Waals surface area contributed by atoms with Crippen molar-refractivity contribution < 1.29 is 13.2 Å². The number of halogens is 1. The second kappa shape index (κ2) is 9.11. The fourth-order valence-electron chi connectivity index (χ4n) is 2.67. The maximum Gasteiger partial charge on any atom is 0.271 e. The van der Waals surface area contributed by atoms with Crippen LogP contribution in [0.4, 0.5) is 5.69 Å². The van der Waals surface area contributed by atoms with Gasteiger partial charge in [0.1, 0.15) is 0 Å². The molecule has 1 N–H and O–H groups in total. The number of anilines is 1. The van der Waals surface area contributed by atoms with Gasteiger partial charge in [-0.25, -0.2) is 13.8 Å². The van der Waals surface area contributed by atoms with E-state index in [1.165, 1.54) is 23.5 Å². The zero-order valence-electron chi connectivity index (χ0n) is 16.4. The number of amides is 1. The van der Waals surface area contributed by atoms with E-state index < -0.39 is 15.9 Å². The molecule has 0 aliphatic carbocycles. The lowest BCUT2D eigenvalue weighted by atomic mass is 10.1. The number of rotatable bonds is 6. The molecular weight excluding hydrogens is 422 g/mol.